The summed E-state index contributed by atoms with van der Waals surface area (Å²) in [7, 11) is 0. The van der Waals surface area contributed by atoms with Gasteiger partial charge in [-0.15, -0.1) is 0 Å². The highest BCUT2D eigenvalue weighted by atomic mass is 16.6. The third-order valence-corrected chi connectivity index (χ3v) is 0.631. The van der Waals surface area contributed by atoms with Gasteiger partial charge in [0.25, 0.3) is 0 Å². The van der Waals surface area contributed by atoms with E-state index in [4.69, 9.17) is 4.84 Å². The summed E-state index contributed by atoms with van der Waals surface area (Å²) >= 11 is 0. The Balaban J connectivity index is 3.25. The van der Waals surface area contributed by atoms with Crippen LogP contribution in [0, 0.1) is 5.92 Å². The zero-order valence-electron chi connectivity index (χ0n) is 6.59. The molecule has 0 atom stereocenters. The molecule has 9 heavy (non-hydrogen) atoms. The largest absolute Gasteiger partial charge is 0.393 e. The summed E-state index contributed by atoms with van der Waals surface area (Å²) in [5.41, 5.74) is 0. The lowest BCUT2D eigenvalue weighted by Crippen LogP contribution is -1.97. The summed E-state index contributed by atoms with van der Waals surface area (Å²) in [5, 5.41) is 3.75. The Morgan fingerprint density at radius 2 is 1.78 bits per heavy atom. The molecule has 0 aromatic heterocycles. The number of rotatable bonds is 3. The highest BCUT2D eigenvalue weighted by Crippen LogP contribution is 1.90. The van der Waals surface area contributed by atoms with Crippen LogP contribution in [0.5, 0.6) is 0 Å². The molecule has 2 nitrogen and oxygen atoms in total. The van der Waals surface area contributed by atoms with E-state index in [-0.39, 0.29) is 6.10 Å². The van der Waals surface area contributed by atoms with Crippen LogP contribution in [-0.2, 0) is 4.84 Å². The van der Waals surface area contributed by atoms with Gasteiger partial charge >= 0.3 is 0 Å². The Hall–Kier alpha value is -0.530. The Morgan fingerprint density at radius 3 is 2.11 bits per heavy atom. The van der Waals surface area contributed by atoms with Crippen LogP contribution in [-0.4, -0.2) is 12.3 Å². The van der Waals surface area contributed by atoms with Gasteiger partial charge in [0.2, 0.25) is 0 Å². The lowest BCUT2D eigenvalue weighted by molar-refractivity contribution is 0.0863. The summed E-state index contributed by atoms with van der Waals surface area (Å²) < 4.78 is 0. The van der Waals surface area contributed by atoms with Crippen LogP contribution in [0.1, 0.15) is 27.7 Å². The summed E-state index contributed by atoms with van der Waals surface area (Å²) in [5.74, 6) is 0.476. The Kier molecular flexibility index (Phi) is 4.10. The molecule has 0 unspecified atom stereocenters. The quantitative estimate of drug-likeness (QED) is 0.422. The zero-order chi connectivity index (χ0) is 7.28. The highest BCUT2D eigenvalue weighted by molar-refractivity contribution is 5.58. The fourth-order valence-corrected chi connectivity index (χ4v) is 0.279. The van der Waals surface area contributed by atoms with Crippen LogP contribution in [0.3, 0.4) is 0 Å². The van der Waals surface area contributed by atoms with Crippen molar-refractivity contribution in [1.82, 2.24) is 0 Å². The lowest BCUT2D eigenvalue weighted by Gasteiger charge is -2.00. The predicted octanol–water partition coefficient (Wildman–Crippen LogP) is 2.05. The number of oxime groups is 1. The van der Waals surface area contributed by atoms with Crippen molar-refractivity contribution in [2.45, 2.75) is 33.8 Å². The topological polar surface area (TPSA) is 21.6 Å². The third kappa shape index (κ3) is 7.47. The maximum Gasteiger partial charge on any atom is 0.121 e. The smallest absolute Gasteiger partial charge is 0.121 e. The Bertz CT molecular complexity index is 86.9. The van der Waals surface area contributed by atoms with Gasteiger partial charge in [0, 0.05) is 6.21 Å². The second kappa shape index (κ2) is 4.36. The van der Waals surface area contributed by atoms with E-state index in [2.05, 4.69) is 19.0 Å². The normalized spacial score (nSPS) is 11.8. The van der Waals surface area contributed by atoms with Crippen molar-refractivity contribution in [3.63, 3.8) is 0 Å². The number of hydrogen-bond acceptors (Lipinski definition) is 2. The van der Waals surface area contributed by atoms with E-state index < -0.39 is 0 Å². The molecule has 0 rings (SSSR count). The fourth-order valence-electron chi connectivity index (χ4n) is 0.279. The van der Waals surface area contributed by atoms with Crippen LogP contribution in [0.15, 0.2) is 5.16 Å². The minimum atomic E-state index is 0.194. The van der Waals surface area contributed by atoms with E-state index in [0.717, 1.165) is 0 Å². The second-order valence-electron chi connectivity index (χ2n) is 2.65. The van der Waals surface area contributed by atoms with Gasteiger partial charge in [0.15, 0.2) is 0 Å². The lowest BCUT2D eigenvalue weighted by atomic mass is 10.3. The monoisotopic (exact) mass is 129 g/mol. The molecule has 54 valence electrons. The van der Waals surface area contributed by atoms with Crippen molar-refractivity contribution < 1.29 is 4.84 Å². The Morgan fingerprint density at radius 1 is 1.22 bits per heavy atom. The molecule has 0 aromatic rings. The van der Waals surface area contributed by atoms with E-state index in [1.807, 2.05) is 13.8 Å². The van der Waals surface area contributed by atoms with E-state index in [0.29, 0.717) is 5.92 Å². The summed E-state index contributed by atoms with van der Waals surface area (Å²) in [4.78, 5) is 4.92. The van der Waals surface area contributed by atoms with Gasteiger partial charge in [-0.1, -0.05) is 19.0 Å². The third-order valence-electron chi connectivity index (χ3n) is 0.631. The van der Waals surface area contributed by atoms with Gasteiger partial charge in [0.1, 0.15) is 6.10 Å². The first-order valence-corrected chi connectivity index (χ1v) is 3.32. The molecular formula is C7H15NO. The van der Waals surface area contributed by atoms with Crippen LogP contribution in [0.25, 0.3) is 0 Å². The van der Waals surface area contributed by atoms with Gasteiger partial charge < -0.3 is 4.84 Å². The molecule has 0 fully saturated rings. The van der Waals surface area contributed by atoms with Crippen LogP contribution >= 0.6 is 0 Å². The predicted molar refractivity (Wildman–Crippen MR) is 39.6 cm³/mol. The summed E-state index contributed by atoms with van der Waals surface area (Å²) in [6.45, 7) is 8.04. The van der Waals surface area contributed by atoms with Crippen molar-refractivity contribution in [2.24, 2.45) is 11.1 Å². The van der Waals surface area contributed by atoms with Crippen LogP contribution in [0.2, 0.25) is 0 Å². The van der Waals surface area contributed by atoms with Crippen LogP contribution < -0.4 is 0 Å². The number of hydrogen-bond donors (Lipinski definition) is 0. The van der Waals surface area contributed by atoms with Gasteiger partial charge in [-0.3, -0.25) is 0 Å². The van der Waals surface area contributed by atoms with Gasteiger partial charge in [-0.2, -0.15) is 0 Å². The minimum absolute atomic E-state index is 0.194. The molecule has 0 aliphatic carbocycles. The van der Waals surface area contributed by atoms with Crippen molar-refractivity contribution in [3.8, 4) is 0 Å². The highest BCUT2D eigenvalue weighted by Gasteiger charge is 1.88. The van der Waals surface area contributed by atoms with Crippen molar-refractivity contribution in [3.05, 3.63) is 0 Å². The molecule has 0 heterocycles. The van der Waals surface area contributed by atoms with E-state index in [1.165, 1.54) is 0 Å². The molecule has 0 saturated heterocycles. The van der Waals surface area contributed by atoms with Gasteiger partial charge in [0.05, 0.1) is 0 Å². The van der Waals surface area contributed by atoms with Crippen molar-refractivity contribution in [2.75, 3.05) is 0 Å². The molecule has 0 bridgehead atoms. The van der Waals surface area contributed by atoms with Gasteiger partial charge in [-0.25, -0.2) is 0 Å². The zero-order valence-corrected chi connectivity index (χ0v) is 6.59. The van der Waals surface area contributed by atoms with Crippen molar-refractivity contribution >= 4 is 6.21 Å². The first-order chi connectivity index (χ1) is 4.13. The summed E-state index contributed by atoms with van der Waals surface area (Å²) in [6.07, 6.45) is 1.99. The molecule has 0 spiro atoms. The fraction of sp³-hybridized carbons (Fsp3) is 0.857. The van der Waals surface area contributed by atoms with Crippen LogP contribution in [0.4, 0.5) is 0 Å². The average molecular weight is 129 g/mol. The maximum atomic E-state index is 4.92. The maximum absolute atomic E-state index is 4.92. The molecule has 0 N–H and O–H groups in total. The SMILES string of the molecule is CC(C)/C=N\OC(C)C. The second-order valence-corrected chi connectivity index (χ2v) is 2.65. The Labute approximate surface area is 56.9 Å². The number of nitrogens with zero attached hydrogens (tertiary/aromatic N) is 1. The molecule has 0 aromatic carbocycles. The first kappa shape index (κ1) is 8.47. The van der Waals surface area contributed by atoms with Crippen molar-refractivity contribution in [1.29, 1.82) is 0 Å². The van der Waals surface area contributed by atoms with Gasteiger partial charge in [-0.05, 0) is 19.8 Å². The molecule has 0 radical (unpaired) electrons. The molecule has 0 aliphatic rings. The van der Waals surface area contributed by atoms with E-state index in [1.54, 1.807) is 6.21 Å². The molecule has 0 saturated carbocycles. The molecule has 0 aliphatic heterocycles. The average Bonchev–Trinajstić information content (AvgIpc) is 1.63. The van der Waals surface area contributed by atoms with E-state index >= 15 is 0 Å². The standard InChI is InChI=1S/C7H15NO/c1-6(2)5-8-9-7(3)4/h5-7H,1-4H3/b8-5-. The molecular weight excluding hydrogens is 114 g/mol. The molecule has 2 heteroatoms. The molecule has 0 amide bonds. The summed E-state index contributed by atoms with van der Waals surface area (Å²) in [6, 6.07) is 0. The van der Waals surface area contributed by atoms with E-state index in [9.17, 15) is 0 Å². The minimum Gasteiger partial charge on any atom is -0.393 e. The first-order valence-electron chi connectivity index (χ1n) is 3.32.